The third kappa shape index (κ3) is 3.26. The fourth-order valence-corrected chi connectivity index (χ4v) is 1.07. The number of ether oxygens (including phenoxy) is 1. The van der Waals surface area contributed by atoms with Crippen LogP contribution < -0.4 is 4.74 Å². The molecule has 0 aromatic heterocycles. The third-order valence-electron chi connectivity index (χ3n) is 1.37. The Morgan fingerprint density at radius 1 is 1.17 bits per heavy atom. The lowest BCUT2D eigenvalue weighted by Crippen LogP contribution is -2.04. The zero-order valence-corrected chi connectivity index (χ0v) is 9.67. The van der Waals surface area contributed by atoms with Crippen molar-refractivity contribution in [1.29, 1.82) is 0 Å². The van der Waals surface area contributed by atoms with Gasteiger partial charge in [0.1, 0.15) is 22.8 Å². The highest BCUT2D eigenvalue weighted by atomic mass is 35.5. The van der Waals surface area contributed by atoms with Crippen LogP contribution in [0.25, 0.3) is 0 Å². The van der Waals surface area contributed by atoms with Crippen LogP contribution in [0, 0.1) is 0 Å². The largest absolute Gasteiger partial charge is 0.491 e. The molecule has 0 amide bonds. The minimum absolute atomic E-state index is 0.602. The van der Waals surface area contributed by atoms with E-state index in [9.17, 15) is 0 Å². The van der Waals surface area contributed by atoms with Crippen molar-refractivity contribution in [2.75, 3.05) is 13.2 Å². The molecule has 0 saturated heterocycles. The summed E-state index contributed by atoms with van der Waals surface area (Å²) < 4.78 is 10.3. The summed E-state index contributed by atoms with van der Waals surface area (Å²) in [5.74, 6) is 0.832. The Hall–Kier alpha value is -0.513. The average Bonchev–Trinajstić information content (AvgIpc) is 2.09. The molecule has 4 heteroatoms. The van der Waals surface area contributed by atoms with Gasteiger partial charge in [-0.1, -0.05) is 11.6 Å². The summed E-state index contributed by atoms with van der Waals surface area (Å²) in [6, 6.07) is 7.29. The normalized spacial score (nSPS) is 10.1. The number of hydrogen-bond acceptors (Lipinski definition) is 2. The van der Waals surface area contributed by atoms with E-state index < -0.39 is 0 Å². The Morgan fingerprint density at radius 2 is 1.83 bits per heavy atom. The van der Waals surface area contributed by atoms with Crippen LogP contribution in [0.15, 0.2) is 24.3 Å². The second kappa shape index (κ2) is 5.19. The maximum Gasteiger partial charge on any atom is 0.146 e. The molecule has 0 aliphatic rings. The average molecular weight is 203 g/mol. The first-order chi connectivity index (χ1) is 5.83. The zero-order valence-electron chi connectivity index (χ0n) is 6.92. The summed E-state index contributed by atoms with van der Waals surface area (Å²) in [6.07, 6.45) is 0. The van der Waals surface area contributed by atoms with E-state index in [2.05, 4.69) is 0 Å². The smallest absolute Gasteiger partial charge is 0.146 e. The molecule has 12 heavy (non-hydrogen) atoms. The van der Waals surface area contributed by atoms with Gasteiger partial charge in [-0.2, -0.15) is 0 Å². The SMILES string of the molecule is [SiH3]OCCOc1ccc(Cl)cc1. The summed E-state index contributed by atoms with van der Waals surface area (Å²) in [5.41, 5.74) is 0. The van der Waals surface area contributed by atoms with Crippen molar-refractivity contribution in [2.45, 2.75) is 0 Å². The van der Waals surface area contributed by atoms with Gasteiger partial charge in [0.15, 0.2) is 0 Å². The van der Waals surface area contributed by atoms with Crippen LogP contribution >= 0.6 is 11.6 Å². The van der Waals surface area contributed by atoms with Gasteiger partial charge in [0.2, 0.25) is 0 Å². The summed E-state index contributed by atoms with van der Waals surface area (Å²) in [5, 5.41) is 0.724. The van der Waals surface area contributed by atoms with Crippen molar-refractivity contribution in [2.24, 2.45) is 0 Å². The van der Waals surface area contributed by atoms with Gasteiger partial charge in [-0.15, -0.1) is 0 Å². The van der Waals surface area contributed by atoms with Crippen molar-refractivity contribution in [3.8, 4) is 5.75 Å². The van der Waals surface area contributed by atoms with E-state index in [1.807, 2.05) is 12.1 Å². The fraction of sp³-hybridized carbons (Fsp3) is 0.250. The van der Waals surface area contributed by atoms with Crippen molar-refractivity contribution < 1.29 is 9.16 Å². The lowest BCUT2D eigenvalue weighted by atomic mass is 10.3. The molecule has 0 aliphatic heterocycles. The molecule has 0 spiro atoms. The van der Waals surface area contributed by atoms with Gasteiger partial charge in [0.25, 0.3) is 0 Å². The highest BCUT2D eigenvalue weighted by Crippen LogP contribution is 2.14. The van der Waals surface area contributed by atoms with Crippen LogP contribution in [0.2, 0.25) is 5.02 Å². The Kier molecular flexibility index (Phi) is 4.14. The van der Waals surface area contributed by atoms with Crippen LogP contribution in [0.4, 0.5) is 0 Å². The van der Waals surface area contributed by atoms with E-state index in [0.29, 0.717) is 13.2 Å². The minimum Gasteiger partial charge on any atom is -0.491 e. The molecule has 2 nitrogen and oxygen atoms in total. The van der Waals surface area contributed by atoms with Crippen LogP contribution in [-0.2, 0) is 4.43 Å². The molecule has 0 aliphatic carbocycles. The Bertz CT molecular complexity index is 225. The molecule has 0 fully saturated rings. The minimum atomic E-state index is 0.602. The molecular formula is C8H11ClO2Si. The summed E-state index contributed by atoms with van der Waals surface area (Å²) in [4.78, 5) is 0. The Labute approximate surface area is 80.0 Å². The summed E-state index contributed by atoms with van der Waals surface area (Å²) >= 11 is 5.70. The topological polar surface area (TPSA) is 18.5 Å². The monoisotopic (exact) mass is 202 g/mol. The van der Waals surface area contributed by atoms with Gasteiger partial charge >= 0.3 is 0 Å². The van der Waals surface area contributed by atoms with Gasteiger partial charge in [-0.3, -0.25) is 0 Å². The molecule has 1 rings (SSSR count). The first-order valence-electron chi connectivity index (χ1n) is 3.70. The van der Waals surface area contributed by atoms with Gasteiger partial charge in [-0.05, 0) is 24.3 Å². The molecule has 0 radical (unpaired) electrons. The van der Waals surface area contributed by atoms with E-state index in [-0.39, 0.29) is 0 Å². The molecule has 1 aromatic rings. The molecule has 0 atom stereocenters. The highest BCUT2D eigenvalue weighted by Gasteiger charge is 1.91. The summed E-state index contributed by atoms with van der Waals surface area (Å²) in [7, 11) is 0.763. The molecule has 66 valence electrons. The van der Waals surface area contributed by atoms with E-state index in [0.717, 1.165) is 21.3 Å². The van der Waals surface area contributed by atoms with Crippen molar-refractivity contribution in [1.82, 2.24) is 0 Å². The lowest BCUT2D eigenvalue weighted by molar-refractivity contribution is 0.229. The molecular weight excluding hydrogens is 192 g/mol. The molecule has 0 heterocycles. The standard InChI is InChI=1S/C8H11ClO2Si/c9-7-1-3-8(4-2-7)10-5-6-11-12/h1-4H,5-6H2,12H3. The Balaban J connectivity index is 2.37. The van der Waals surface area contributed by atoms with Gasteiger partial charge in [-0.25, -0.2) is 0 Å². The maximum absolute atomic E-state index is 5.70. The Morgan fingerprint density at radius 3 is 2.42 bits per heavy atom. The molecule has 0 unspecified atom stereocenters. The van der Waals surface area contributed by atoms with E-state index in [4.69, 9.17) is 20.8 Å². The van der Waals surface area contributed by atoms with E-state index >= 15 is 0 Å². The molecule has 0 N–H and O–H groups in total. The number of halogens is 1. The van der Waals surface area contributed by atoms with Crippen LogP contribution in [-0.4, -0.2) is 23.7 Å². The number of hydrogen-bond donors (Lipinski definition) is 0. The second-order valence-corrected chi connectivity index (χ2v) is 3.31. The molecule has 1 aromatic carbocycles. The second-order valence-electron chi connectivity index (χ2n) is 2.30. The highest BCUT2D eigenvalue weighted by molar-refractivity contribution is 6.30. The lowest BCUT2D eigenvalue weighted by Gasteiger charge is -2.04. The van der Waals surface area contributed by atoms with Crippen molar-refractivity contribution in [3.05, 3.63) is 29.3 Å². The van der Waals surface area contributed by atoms with Crippen LogP contribution in [0.3, 0.4) is 0 Å². The quantitative estimate of drug-likeness (QED) is 0.536. The zero-order chi connectivity index (χ0) is 8.81. The van der Waals surface area contributed by atoms with Crippen LogP contribution in [0.1, 0.15) is 0 Å². The van der Waals surface area contributed by atoms with E-state index in [1.54, 1.807) is 12.1 Å². The van der Waals surface area contributed by atoms with Crippen LogP contribution in [0.5, 0.6) is 5.75 Å². The summed E-state index contributed by atoms with van der Waals surface area (Å²) in [6.45, 7) is 1.26. The van der Waals surface area contributed by atoms with Gasteiger partial charge in [0, 0.05) is 5.02 Å². The predicted octanol–water partition coefficient (Wildman–Crippen LogP) is 1.02. The predicted molar refractivity (Wildman–Crippen MR) is 52.8 cm³/mol. The molecule has 0 bridgehead atoms. The van der Waals surface area contributed by atoms with Crippen molar-refractivity contribution >= 4 is 22.1 Å². The third-order valence-corrected chi connectivity index (χ3v) is 2.03. The van der Waals surface area contributed by atoms with E-state index in [1.165, 1.54) is 0 Å². The van der Waals surface area contributed by atoms with Crippen molar-refractivity contribution in [3.63, 3.8) is 0 Å². The fourth-order valence-electron chi connectivity index (χ4n) is 0.774. The number of rotatable bonds is 4. The van der Waals surface area contributed by atoms with Gasteiger partial charge in [0.05, 0.1) is 6.61 Å². The first kappa shape index (κ1) is 9.57. The number of benzene rings is 1. The maximum atomic E-state index is 5.70. The molecule has 0 saturated carbocycles. The first-order valence-corrected chi connectivity index (χ1v) is 4.89. The van der Waals surface area contributed by atoms with Gasteiger partial charge < -0.3 is 9.16 Å².